The van der Waals surface area contributed by atoms with E-state index < -0.39 is 11.7 Å². The number of amides is 2. The highest BCUT2D eigenvalue weighted by Gasteiger charge is 2.16. The molecular formula is C26H19FN6O3. The summed E-state index contributed by atoms with van der Waals surface area (Å²) in [4.78, 5) is 32.6. The molecule has 10 heteroatoms. The molecule has 0 saturated heterocycles. The Morgan fingerprint density at radius 2 is 1.72 bits per heavy atom. The summed E-state index contributed by atoms with van der Waals surface area (Å²) in [5, 5.41) is 9.59. The number of benzene rings is 2. The van der Waals surface area contributed by atoms with E-state index in [9.17, 15) is 14.0 Å². The molecule has 2 N–H and O–H groups in total. The maximum Gasteiger partial charge on any atom is 0.274 e. The van der Waals surface area contributed by atoms with Crippen molar-refractivity contribution in [3.05, 3.63) is 96.7 Å². The molecule has 0 radical (unpaired) electrons. The van der Waals surface area contributed by atoms with Gasteiger partial charge in [0.2, 0.25) is 5.91 Å². The van der Waals surface area contributed by atoms with Crippen LogP contribution in [0.4, 0.5) is 15.9 Å². The van der Waals surface area contributed by atoms with E-state index in [1.54, 1.807) is 60.7 Å². The van der Waals surface area contributed by atoms with E-state index in [0.717, 1.165) is 0 Å². The molecule has 0 bridgehead atoms. The molecule has 36 heavy (non-hydrogen) atoms. The number of aromatic nitrogens is 4. The smallest absolute Gasteiger partial charge is 0.274 e. The SMILES string of the molecule is CC(=O)Nc1cc(Oc2ccc(NC(=O)c3cc(-c4ccccc4F)n4nccc4n3)cc2)ccn1. The van der Waals surface area contributed by atoms with Crippen LogP contribution in [0.3, 0.4) is 0 Å². The fourth-order valence-corrected chi connectivity index (χ4v) is 3.55. The second-order valence-corrected chi connectivity index (χ2v) is 7.75. The molecule has 0 fully saturated rings. The fraction of sp³-hybridized carbons (Fsp3) is 0.0385. The first-order valence-electron chi connectivity index (χ1n) is 10.9. The van der Waals surface area contributed by atoms with Crippen LogP contribution in [0.1, 0.15) is 17.4 Å². The van der Waals surface area contributed by atoms with Crippen LogP contribution in [0.15, 0.2) is 85.2 Å². The van der Waals surface area contributed by atoms with Gasteiger partial charge in [0.15, 0.2) is 5.65 Å². The predicted molar refractivity (Wildman–Crippen MR) is 131 cm³/mol. The maximum absolute atomic E-state index is 14.5. The standard InChI is InChI=1S/C26H19FN6O3/c1-16(34)30-24-14-19(10-12-28-24)36-18-8-6-17(7-9-18)31-26(35)22-15-23(20-4-2-3-5-21(20)27)33-25(32-22)11-13-29-33/h2-15H,1H3,(H,31,35)(H,28,30,34). The molecule has 3 aromatic heterocycles. The van der Waals surface area contributed by atoms with Gasteiger partial charge in [-0.3, -0.25) is 9.59 Å². The van der Waals surface area contributed by atoms with Crippen molar-refractivity contribution in [2.75, 3.05) is 10.6 Å². The molecule has 0 saturated carbocycles. The van der Waals surface area contributed by atoms with Crippen LogP contribution in [0.5, 0.6) is 11.5 Å². The average molecular weight is 482 g/mol. The highest BCUT2D eigenvalue weighted by atomic mass is 19.1. The van der Waals surface area contributed by atoms with Gasteiger partial charge in [-0.1, -0.05) is 12.1 Å². The Balaban J connectivity index is 1.34. The van der Waals surface area contributed by atoms with Crippen LogP contribution >= 0.6 is 0 Å². The van der Waals surface area contributed by atoms with Crippen LogP contribution < -0.4 is 15.4 Å². The van der Waals surface area contributed by atoms with E-state index in [0.29, 0.717) is 39.9 Å². The molecule has 2 amide bonds. The van der Waals surface area contributed by atoms with Gasteiger partial charge in [0, 0.05) is 36.5 Å². The van der Waals surface area contributed by atoms with E-state index in [2.05, 4.69) is 25.7 Å². The van der Waals surface area contributed by atoms with Gasteiger partial charge in [-0.15, -0.1) is 0 Å². The highest BCUT2D eigenvalue weighted by Crippen LogP contribution is 2.26. The third-order valence-electron chi connectivity index (χ3n) is 5.13. The second kappa shape index (κ2) is 9.63. The number of nitrogens with one attached hydrogen (secondary N) is 2. The number of rotatable bonds is 6. The highest BCUT2D eigenvalue weighted by molar-refractivity contribution is 6.03. The van der Waals surface area contributed by atoms with Gasteiger partial charge in [0.1, 0.15) is 28.8 Å². The largest absolute Gasteiger partial charge is 0.457 e. The first-order valence-corrected chi connectivity index (χ1v) is 10.9. The first-order chi connectivity index (χ1) is 17.5. The lowest BCUT2D eigenvalue weighted by Gasteiger charge is -2.11. The number of anilines is 2. The summed E-state index contributed by atoms with van der Waals surface area (Å²) in [5.74, 6) is 0.266. The van der Waals surface area contributed by atoms with E-state index in [1.807, 2.05) is 0 Å². The zero-order valence-corrected chi connectivity index (χ0v) is 19.0. The number of carbonyl (C=O) groups excluding carboxylic acids is 2. The van der Waals surface area contributed by atoms with Crippen molar-refractivity contribution in [3.63, 3.8) is 0 Å². The van der Waals surface area contributed by atoms with Gasteiger partial charge in [-0.05, 0) is 48.5 Å². The van der Waals surface area contributed by atoms with Gasteiger partial charge in [0.05, 0.1) is 11.9 Å². The minimum Gasteiger partial charge on any atom is -0.457 e. The van der Waals surface area contributed by atoms with Gasteiger partial charge in [-0.25, -0.2) is 18.9 Å². The summed E-state index contributed by atoms with van der Waals surface area (Å²) in [5.41, 5.74) is 1.77. The van der Waals surface area contributed by atoms with Gasteiger partial charge >= 0.3 is 0 Å². The third-order valence-corrected chi connectivity index (χ3v) is 5.13. The Kier molecular flexibility index (Phi) is 6.06. The molecule has 0 aliphatic heterocycles. The number of pyridine rings is 1. The molecule has 5 rings (SSSR count). The number of fused-ring (bicyclic) bond motifs is 1. The first kappa shape index (κ1) is 22.7. The lowest BCUT2D eigenvalue weighted by molar-refractivity contribution is -0.114. The summed E-state index contributed by atoms with van der Waals surface area (Å²) < 4.78 is 21.7. The van der Waals surface area contributed by atoms with Crippen LogP contribution in [0.2, 0.25) is 0 Å². The van der Waals surface area contributed by atoms with E-state index in [1.165, 1.54) is 36.0 Å². The molecule has 3 heterocycles. The molecule has 9 nitrogen and oxygen atoms in total. The molecule has 0 spiro atoms. The number of hydrogen-bond donors (Lipinski definition) is 2. The maximum atomic E-state index is 14.5. The molecule has 5 aromatic rings. The van der Waals surface area contributed by atoms with Gasteiger partial charge < -0.3 is 15.4 Å². The van der Waals surface area contributed by atoms with Crippen LogP contribution in [0.25, 0.3) is 16.9 Å². The topological polar surface area (TPSA) is 111 Å². The summed E-state index contributed by atoms with van der Waals surface area (Å²) in [6.07, 6.45) is 3.06. The minimum absolute atomic E-state index is 0.115. The van der Waals surface area contributed by atoms with Crippen molar-refractivity contribution in [1.82, 2.24) is 19.6 Å². The van der Waals surface area contributed by atoms with Crippen molar-refractivity contribution < 1.29 is 18.7 Å². The Bertz CT molecular complexity index is 1580. The zero-order chi connectivity index (χ0) is 25.1. The Labute approximate surface area is 204 Å². The quantitative estimate of drug-likeness (QED) is 0.355. The van der Waals surface area contributed by atoms with Crippen molar-refractivity contribution >= 4 is 29.0 Å². The summed E-state index contributed by atoms with van der Waals surface area (Å²) in [6, 6.07) is 19.4. The summed E-state index contributed by atoms with van der Waals surface area (Å²) in [7, 11) is 0. The molecule has 0 aliphatic carbocycles. The van der Waals surface area contributed by atoms with Crippen LogP contribution in [-0.4, -0.2) is 31.4 Å². The van der Waals surface area contributed by atoms with Crippen LogP contribution in [-0.2, 0) is 4.79 Å². The van der Waals surface area contributed by atoms with Gasteiger partial charge in [-0.2, -0.15) is 5.10 Å². The minimum atomic E-state index is -0.459. The summed E-state index contributed by atoms with van der Waals surface area (Å²) in [6.45, 7) is 1.39. The molecule has 0 atom stereocenters. The number of ether oxygens (including phenoxy) is 1. The Morgan fingerprint density at radius 3 is 2.50 bits per heavy atom. The number of halogens is 1. The fourth-order valence-electron chi connectivity index (χ4n) is 3.55. The average Bonchev–Trinajstić information content (AvgIpc) is 3.34. The Hall–Kier alpha value is -5.12. The molecule has 2 aromatic carbocycles. The number of nitrogens with zero attached hydrogens (tertiary/aromatic N) is 4. The van der Waals surface area contributed by atoms with Crippen molar-refractivity contribution in [3.8, 4) is 22.8 Å². The van der Waals surface area contributed by atoms with Gasteiger partial charge in [0.25, 0.3) is 5.91 Å². The monoisotopic (exact) mass is 482 g/mol. The lowest BCUT2D eigenvalue weighted by atomic mass is 10.1. The van der Waals surface area contributed by atoms with Crippen LogP contribution in [0, 0.1) is 5.82 Å². The van der Waals surface area contributed by atoms with E-state index >= 15 is 0 Å². The van der Waals surface area contributed by atoms with E-state index in [-0.39, 0.29) is 11.6 Å². The molecule has 178 valence electrons. The van der Waals surface area contributed by atoms with Crippen molar-refractivity contribution in [2.45, 2.75) is 6.92 Å². The molecular weight excluding hydrogens is 463 g/mol. The normalized spacial score (nSPS) is 10.7. The Morgan fingerprint density at radius 1 is 0.917 bits per heavy atom. The van der Waals surface area contributed by atoms with E-state index in [4.69, 9.17) is 4.74 Å². The second-order valence-electron chi connectivity index (χ2n) is 7.75. The molecule has 0 aliphatic rings. The number of carbonyl (C=O) groups is 2. The van der Waals surface area contributed by atoms with Crippen molar-refractivity contribution in [2.24, 2.45) is 0 Å². The predicted octanol–water partition coefficient (Wildman–Crippen LogP) is 4.93. The third kappa shape index (κ3) is 4.87. The van der Waals surface area contributed by atoms with Crippen molar-refractivity contribution in [1.29, 1.82) is 0 Å². The number of hydrogen-bond acceptors (Lipinski definition) is 6. The molecule has 0 unspecified atom stereocenters. The zero-order valence-electron chi connectivity index (χ0n) is 19.0. The lowest BCUT2D eigenvalue weighted by Crippen LogP contribution is -2.15. The summed E-state index contributed by atoms with van der Waals surface area (Å²) >= 11 is 0.